The van der Waals surface area contributed by atoms with E-state index in [2.05, 4.69) is 15.3 Å². The Morgan fingerprint density at radius 2 is 1.77 bits per heavy atom. The van der Waals surface area contributed by atoms with E-state index >= 15 is 0 Å². The van der Waals surface area contributed by atoms with Crippen LogP contribution in [0.5, 0.6) is 0 Å². The van der Waals surface area contributed by atoms with E-state index in [0.717, 1.165) is 0 Å². The third-order valence-corrected chi connectivity index (χ3v) is 2.96. The molecule has 1 N–H and O–H groups in total. The predicted molar refractivity (Wildman–Crippen MR) is 80.1 cm³/mol. The van der Waals surface area contributed by atoms with Gasteiger partial charge in [0.05, 0.1) is 0 Å². The van der Waals surface area contributed by atoms with E-state index in [9.17, 15) is 9.59 Å². The van der Waals surface area contributed by atoms with Gasteiger partial charge in [-0.3, -0.25) is 0 Å². The molecule has 8 heteroatoms. The molecule has 124 valence electrons. The fourth-order valence-corrected chi connectivity index (χ4v) is 1.99. The van der Waals surface area contributed by atoms with Crippen LogP contribution in [0.15, 0.2) is 5.11 Å². The first-order chi connectivity index (χ1) is 9.89. The highest BCUT2D eigenvalue weighted by Gasteiger charge is 2.63. The Balaban J connectivity index is 2.84. The zero-order chi connectivity index (χ0) is 17.2. The number of alkyl carbamates (subject to hydrolysis) is 1. The summed E-state index contributed by atoms with van der Waals surface area (Å²) < 4.78 is 10.5. The van der Waals surface area contributed by atoms with Crippen LogP contribution in [0, 0.1) is 5.92 Å². The lowest BCUT2D eigenvalue weighted by Crippen LogP contribution is -2.49. The van der Waals surface area contributed by atoms with E-state index in [1.807, 2.05) is 0 Å². The monoisotopic (exact) mass is 312 g/mol. The number of esters is 1. The SMILES string of the molecule is CC(C)(C)OC(=O)N[C@@]1(C(=O)OC(C)(C)C)C[C@H]1CN=[N+]=[N-]. The molecule has 0 unspecified atom stereocenters. The van der Waals surface area contributed by atoms with Crippen LogP contribution < -0.4 is 5.32 Å². The van der Waals surface area contributed by atoms with Crippen molar-refractivity contribution < 1.29 is 19.1 Å². The summed E-state index contributed by atoms with van der Waals surface area (Å²) in [5.74, 6) is -0.824. The van der Waals surface area contributed by atoms with Gasteiger partial charge in [0.2, 0.25) is 0 Å². The van der Waals surface area contributed by atoms with E-state index in [1.165, 1.54) is 0 Å². The molecule has 0 saturated heterocycles. The highest BCUT2D eigenvalue weighted by Crippen LogP contribution is 2.45. The van der Waals surface area contributed by atoms with Crippen molar-refractivity contribution in [1.82, 2.24) is 5.32 Å². The predicted octanol–water partition coefficient (Wildman–Crippen LogP) is 2.92. The largest absolute Gasteiger partial charge is 0.458 e. The van der Waals surface area contributed by atoms with Crippen molar-refractivity contribution in [1.29, 1.82) is 0 Å². The maximum Gasteiger partial charge on any atom is 0.408 e. The normalized spacial score (nSPS) is 24.0. The van der Waals surface area contributed by atoms with Crippen molar-refractivity contribution in [2.75, 3.05) is 6.54 Å². The number of carbonyl (C=O) groups is 2. The Kier molecular flexibility index (Phi) is 4.97. The third kappa shape index (κ3) is 5.11. The lowest BCUT2D eigenvalue weighted by atomic mass is 10.1. The minimum Gasteiger partial charge on any atom is -0.458 e. The topological polar surface area (TPSA) is 113 Å². The average molecular weight is 312 g/mol. The van der Waals surface area contributed by atoms with E-state index in [4.69, 9.17) is 15.0 Å². The number of rotatable bonds is 4. The number of amides is 1. The van der Waals surface area contributed by atoms with Gasteiger partial charge in [0, 0.05) is 17.4 Å². The first-order valence-corrected chi connectivity index (χ1v) is 7.15. The average Bonchev–Trinajstić information content (AvgIpc) is 2.96. The zero-order valence-corrected chi connectivity index (χ0v) is 14.0. The second-order valence-corrected chi connectivity index (χ2v) is 7.41. The minimum absolute atomic E-state index is 0.117. The zero-order valence-electron chi connectivity index (χ0n) is 14.0. The van der Waals surface area contributed by atoms with Gasteiger partial charge in [-0.2, -0.15) is 0 Å². The molecule has 0 heterocycles. The van der Waals surface area contributed by atoms with Gasteiger partial charge < -0.3 is 14.8 Å². The number of nitrogens with zero attached hydrogens (tertiary/aromatic N) is 3. The Morgan fingerprint density at radius 3 is 2.23 bits per heavy atom. The van der Waals surface area contributed by atoms with Crippen molar-refractivity contribution in [2.45, 2.75) is 64.7 Å². The molecule has 0 aromatic carbocycles. The summed E-state index contributed by atoms with van der Waals surface area (Å²) in [7, 11) is 0. The van der Waals surface area contributed by atoms with E-state index in [1.54, 1.807) is 41.5 Å². The second-order valence-electron chi connectivity index (χ2n) is 7.41. The van der Waals surface area contributed by atoms with Crippen molar-refractivity contribution in [2.24, 2.45) is 11.0 Å². The van der Waals surface area contributed by atoms with Crippen molar-refractivity contribution in [3.8, 4) is 0 Å². The highest BCUT2D eigenvalue weighted by atomic mass is 16.6. The molecule has 1 amide bonds. The molecule has 1 aliphatic rings. The molecule has 0 aromatic rings. The van der Waals surface area contributed by atoms with Gasteiger partial charge in [-0.15, -0.1) is 0 Å². The number of nitrogens with one attached hydrogen (secondary N) is 1. The molecule has 0 radical (unpaired) electrons. The summed E-state index contributed by atoms with van der Waals surface area (Å²) in [6.07, 6.45) is -0.331. The molecule has 0 aromatic heterocycles. The van der Waals surface area contributed by atoms with Crippen LogP contribution in [0.4, 0.5) is 4.79 Å². The molecule has 1 aliphatic carbocycles. The van der Waals surface area contributed by atoms with Gasteiger partial charge in [-0.05, 0) is 53.5 Å². The van der Waals surface area contributed by atoms with Crippen LogP contribution in [0.3, 0.4) is 0 Å². The number of azide groups is 1. The number of hydrogen-bond acceptors (Lipinski definition) is 5. The number of hydrogen-bond donors (Lipinski definition) is 1. The van der Waals surface area contributed by atoms with Gasteiger partial charge in [0.25, 0.3) is 0 Å². The van der Waals surface area contributed by atoms with Crippen molar-refractivity contribution in [3.63, 3.8) is 0 Å². The van der Waals surface area contributed by atoms with Gasteiger partial charge in [0.15, 0.2) is 0 Å². The molecule has 2 atom stereocenters. The Bertz CT molecular complexity index is 500. The third-order valence-electron chi connectivity index (χ3n) is 2.96. The summed E-state index contributed by atoms with van der Waals surface area (Å²) in [4.78, 5) is 27.0. The summed E-state index contributed by atoms with van der Waals surface area (Å²) >= 11 is 0. The molecule has 22 heavy (non-hydrogen) atoms. The molecule has 1 fully saturated rings. The molecular formula is C14H24N4O4. The van der Waals surface area contributed by atoms with Crippen molar-refractivity contribution >= 4 is 12.1 Å². The maximum atomic E-state index is 12.4. The molecule has 0 aliphatic heterocycles. The molecule has 1 rings (SSSR count). The van der Waals surface area contributed by atoms with E-state index in [-0.39, 0.29) is 12.5 Å². The number of carbonyl (C=O) groups excluding carboxylic acids is 2. The van der Waals surface area contributed by atoms with E-state index < -0.39 is 28.8 Å². The van der Waals surface area contributed by atoms with Gasteiger partial charge in [-0.1, -0.05) is 5.11 Å². The summed E-state index contributed by atoms with van der Waals surface area (Å²) in [6.45, 7) is 10.6. The quantitative estimate of drug-likeness (QED) is 0.372. The lowest BCUT2D eigenvalue weighted by Gasteiger charge is -2.26. The fraction of sp³-hybridized carbons (Fsp3) is 0.857. The van der Waals surface area contributed by atoms with E-state index in [0.29, 0.717) is 6.42 Å². The molecular weight excluding hydrogens is 288 g/mol. The van der Waals surface area contributed by atoms with Gasteiger partial charge >= 0.3 is 12.1 Å². The minimum atomic E-state index is -1.18. The Hall–Kier alpha value is -1.95. The van der Waals surface area contributed by atoms with Crippen LogP contribution in [-0.4, -0.2) is 35.3 Å². The Morgan fingerprint density at radius 1 is 1.23 bits per heavy atom. The van der Waals surface area contributed by atoms with Gasteiger partial charge in [-0.25, -0.2) is 9.59 Å². The molecule has 8 nitrogen and oxygen atoms in total. The Labute approximate surface area is 130 Å². The number of ether oxygens (including phenoxy) is 2. The highest BCUT2D eigenvalue weighted by molar-refractivity contribution is 5.90. The first-order valence-electron chi connectivity index (χ1n) is 7.15. The summed E-state index contributed by atoms with van der Waals surface area (Å²) in [6, 6.07) is 0. The maximum absolute atomic E-state index is 12.4. The molecule has 0 spiro atoms. The molecule has 0 bridgehead atoms. The van der Waals surface area contributed by atoms with Crippen LogP contribution in [0.1, 0.15) is 48.0 Å². The smallest absolute Gasteiger partial charge is 0.408 e. The van der Waals surface area contributed by atoms with Crippen LogP contribution in [0.25, 0.3) is 10.4 Å². The van der Waals surface area contributed by atoms with Crippen molar-refractivity contribution in [3.05, 3.63) is 10.4 Å². The molecule has 1 saturated carbocycles. The van der Waals surface area contributed by atoms with Crippen LogP contribution in [0.2, 0.25) is 0 Å². The first kappa shape index (κ1) is 18.1. The standard InChI is InChI=1S/C14H24N4O4/c1-12(2,3)21-10(19)14(7-9(14)8-16-18-15)17-11(20)22-13(4,5)6/h9H,7-8H2,1-6H3,(H,17,20)/t9-,14-/m0/s1. The lowest BCUT2D eigenvalue weighted by molar-refractivity contribution is -0.159. The van der Waals surface area contributed by atoms with Crippen LogP contribution in [-0.2, 0) is 14.3 Å². The van der Waals surface area contributed by atoms with Crippen LogP contribution >= 0.6 is 0 Å². The summed E-state index contributed by atoms with van der Waals surface area (Å²) in [5, 5.41) is 6.06. The van der Waals surface area contributed by atoms with Gasteiger partial charge in [0.1, 0.15) is 16.7 Å². The summed E-state index contributed by atoms with van der Waals surface area (Å²) in [5.41, 5.74) is 5.88. The fourth-order valence-electron chi connectivity index (χ4n) is 1.99. The second kappa shape index (κ2) is 6.04.